The maximum atomic E-state index is 13.0. The van der Waals surface area contributed by atoms with Crippen LogP contribution < -0.4 is 4.74 Å². The number of ketones is 1. The Morgan fingerprint density at radius 2 is 1.72 bits per heavy atom. The molecule has 2 aromatic rings. The van der Waals surface area contributed by atoms with Crippen molar-refractivity contribution in [3.63, 3.8) is 0 Å². The molecule has 3 rings (SSSR count). The highest BCUT2D eigenvalue weighted by molar-refractivity contribution is 9.10. The van der Waals surface area contributed by atoms with Crippen LogP contribution in [0.1, 0.15) is 37.4 Å². The molecule has 1 fully saturated rings. The molecular weight excluding hydrogens is 472 g/mol. The zero-order chi connectivity index (χ0) is 23.4. The van der Waals surface area contributed by atoms with E-state index in [-0.39, 0.29) is 17.4 Å². The van der Waals surface area contributed by atoms with Crippen LogP contribution in [0.25, 0.3) is 5.76 Å². The topological polar surface area (TPSA) is 70.1 Å². The van der Waals surface area contributed by atoms with Gasteiger partial charge in [0.1, 0.15) is 11.5 Å². The minimum absolute atomic E-state index is 0.0370. The Balaban J connectivity index is 2.05. The molecule has 7 heteroatoms. The van der Waals surface area contributed by atoms with Crippen molar-refractivity contribution in [2.24, 2.45) is 0 Å². The van der Waals surface area contributed by atoms with Crippen LogP contribution in [-0.4, -0.2) is 59.9 Å². The number of rotatable bonds is 8. The first-order valence-corrected chi connectivity index (χ1v) is 11.4. The van der Waals surface area contributed by atoms with Crippen molar-refractivity contribution in [1.29, 1.82) is 0 Å². The maximum absolute atomic E-state index is 13.0. The van der Waals surface area contributed by atoms with Crippen molar-refractivity contribution in [2.45, 2.75) is 32.4 Å². The summed E-state index contributed by atoms with van der Waals surface area (Å²) >= 11 is 3.38. The predicted octanol–water partition coefficient (Wildman–Crippen LogP) is 4.61. The molecule has 6 nitrogen and oxygen atoms in total. The molecule has 0 unspecified atom stereocenters. The second-order valence-corrected chi connectivity index (χ2v) is 9.31. The van der Waals surface area contributed by atoms with Crippen LogP contribution in [0.15, 0.2) is 58.6 Å². The van der Waals surface area contributed by atoms with Crippen molar-refractivity contribution in [3.8, 4) is 5.75 Å². The van der Waals surface area contributed by atoms with Crippen LogP contribution in [0.4, 0.5) is 0 Å². The van der Waals surface area contributed by atoms with E-state index in [1.807, 2.05) is 57.1 Å². The third-order valence-electron chi connectivity index (χ3n) is 5.23. The summed E-state index contributed by atoms with van der Waals surface area (Å²) in [5, 5.41) is 11.1. The number of carbonyl (C=O) groups excluding carboxylic acids is 2. The summed E-state index contributed by atoms with van der Waals surface area (Å²) in [7, 11) is 3.93. The number of ether oxygens (including phenoxy) is 1. The Morgan fingerprint density at radius 1 is 1.09 bits per heavy atom. The second-order valence-electron chi connectivity index (χ2n) is 8.39. The van der Waals surface area contributed by atoms with Crippen LogP contribution in [0, 0.1) is 0 Å². The van der Waals surface area contributed by atoms with Gasteiger partial charge in [0.25, 0.3) is 11.7 Å². The fraction of sp³-hybridized carbons (Fsp3) is 0.360. The maximum Gasteiger partial charge on any atom is 0.295 e. The van der Waals surface area contributed by atoms with E-state index >= 15 is 0 Å². The lowest BCUT2D eigenvalue weighted by Gasteiger charge is -2.26. The number of amides is 1. The summed E-state index contributed by atoms with van der Waals surface area (Å²) in [5.74, 6) is -0.711. The van der Waals surface area contributed by atoms with Gasteiger partial charge in [-0.15, -0.1) is 0 Å². The summed E-state index contributed by atoms with van der Waals surface area (Å²) in [6, 6.07) is 13.7. The molecule has 1 aliphatic heterocycles. The van der Waals surface area contributed by atoms with Gasteiger partial charge in [-0.05, 0) is 70.7 Å². The lowest BCUT2D eigenvalue weighted by Crippen LogP contribution is -2.32. The first-order chi connectivity index (χ1) is 15.2. The fourth-order valence-corrected chi connectivity index (χ4v) is 4.04. The molecule has 1 atom stereocenters. The van der Waals surface area contributed by atoms with Gasteiger partial charge in [0.05, 0.1) is 17.7 Å². The Kier molecular flexibility index (Phi) is 7.74. The Bertz CT molecular complexity index is 998. The first-order valence-electron chi connectivity index (χ1n) is 10.6. The molecule has 1 N–H and O–H groups in total. The zero-order valence-electron chi connectivity index (χ0n) is 18.8. The molecule has 0 spiro atoms. The molecule has 0 aliphatic carbocycles. The number of aliphatic hydroxyl groups is 1. The Morgan fingerprint density at radius 3 is 2.28 bits per heavy atom. The summed E-state index contributed by atoms with van der Waals surface area (Å²) in [6.45, 7) is 5.09. The third-order valence-corrected chi connectivity index (χ3v) is 5.76. The lowest BCUT2D eigenvalue weighted by molar-refractivity contribution is -0.139. The lowest BCUT2D eigenvalue weighted by atomic mass is 9.95. The highest BCUT2D eigenvalue weighted by Crippen LogP contribution is 2.40. The zero-order valence-corrected chi connectivity index (χ0v) is 20.4. The second kappa shape index (κ2) is 10.3. The molecule has 0 saturated carbocycles. The summed E-state index contributed by atoms with van der Waals surface area (Å²) < 4.78 is 6.59. The molecule has 2 aromatic carbocycles. The van der Waals surface area contributed by atoms with Crippen LogP contribution in [0.5, 0.6) is 5.75 Å². The average molecular weight is 501 g/mol. The van der Waals surface area contributed by atoms with Gasteiger partial charge in [0.15, 0.2) is 0 Å². The molecule has 0 aromatic heterocycles. The predicted molar refractivity (Wildman–Crippen MR) is 129 cm³/mol. The van der Waals surface area contributed by atoms with E-state index in [9.17, 15) is 14.7 Å². The average Bonchev–Trinajstić information content (AvgIpc) is 2.99. The summed E-state index contributed by atoms with van der Waals surface area (Å²) in [4.78, 5) is 29.6. The number of hydrogen-bond donors (Lipinski definition) is 1. The van der Waals surface area contributed by atoms with Crippen LogP contribution >= 0.6 is 15.9 Å². The molecule has 1 aliphatic rings. The minimum atomic E-state index is -0.664. The number of nitrogens with zero attached hydrogens (tertiary/aromatic N) is 2. The van der Waals surface area contributed by atoms with Gasteiger partial charge in [-0.1, -0.05) is 40.2 Å². The van der Waals surface area contributed by atoms with E-state index < -0.39 is 17.7 Å². The van der Waals surface area contributed by atoms with Gasteiger partial charge in [-0.25, -0.2) is 0 Å². The van der Waals surface area contributed by atoms with Gasteiger partial charge in [-0.2, -0.15) is 0 Å². The molecule has 0 bridgehead atoms. The van der Waals surface area contributed by atoms with E-state index in [2.05, 4.69) is 15.9 Å². The SMILES string of the molecule is CC(C)Oc1ccc([C@@H]2/C(=C(\O)c3ccc(Br)cc3)C(=O)C(=O)N2CCCN(C)C)cc1. The van der Waals surface area contributed by atoms with E-state index in [1.165, 1.54) is 0 Å². The highest BCUT2D eigenvalue weighted by atomic mass is 79.9. The van der Waals surface area contributed by atoms with Crippen molar-refractivity contribution < 1.29 is 19.4 Å². The molecule has 1 amide bonds. The van der Waals surface area contributed by atoms with Crippen molar-refractivity contribution in [1.82, 2.24) is 9.80 Å². The summed E-state index contributed by atoms with van der Waals surface area (Å²) in [6.07, 6.45) is 0.749. The number of Topliss-reactive ketones (excluding diaryl/α,β-unsaturated/α-hetero) is 1. The van der Waals surface area contributed by atoms with Crippen LogP contribution in [0.3, 0.4) is 0 Å². The molecule has 170 valence electrons. The molecule has 32 heavy (non-hydrogen) atoms. The van der Waals surface area contributed by atoms with E-state index in [4.69, 9.17) is 4.74 Å². The Labute approximate surface area is 197 Å². The Hall–Kier alpha value is -2.64. The van der Waals surface area contributed by atoms with E-state index in [0.29, 0.717) is 24.3 Å². The smallest absolute Gasteiger partial charge is 0.295 e. The first kappa shape index (κ1) is 24.0. The molecule has 1 heterocycles. The monoisotopic (exact) mass is 500 g/mol. The van der Waals surface area contributed by atoms with Gasteiger partial charge >= 0.3 is 0 Å². The van der Waals surface area contributed by atoms with Crippen molar-refractivity contribution >= 4 is 33.4 Å². The molecule has 1 saturated heterocycles. The molecular formula is C25H29BrN2O4. The van der Waals surface area contributed by atoms with E-state index in [1.54, 1.807) is 29.2 Å². The van der Waals surface area contributed by atoms with Gasteiger partial charge in [-0.3, -0.25) is 9.59 Å². The number of aliphatic hydroxyl groups excluding tert-OH is 1. The van der Waals surface area contributed by atoms with Gasteiger partial charge in [0.2, 0.25) is 0 Å². The largest absolute Gasteiger partial charge is 0.507 e. The normalized spacial score (nSPS) is 18.1. The van der Waals surface area contributed by atoms with Crippen LogP contribution in [0.2, 0.25) is 0 Å². The minimum Gasteiger partial charge on any atom is -0.507 e. The van der Waals surface area contributed by atoms with Crippen LogP contribution in [-0.2, 0) is 9.59 Å². The third kappa shape index (κ3) is 5.40. The number of halogens is 1. The van der Waals surface area contributed by atoms with Crippen molar-refractivity contribution in [2.75, 3.05) is 27.2 Å². The number of likely N-dealkylation sites (tertiary alicyclic amines) is 1. The highest BCUT2D eigenvalue weighted by Gasteiger charge is 2.45. The molecule has 0 radical (unpaired) electrons. The van der Waals surface area contributed by atoms with Gasteiger partial charge in [0, 0.05) is 16.6 Å². The quantitative estimate of drug-likeness (QED) is 0.325. The standard InChI is InChI=1S/C25H29BrN2O4/c1-16(2)32-20-12-8-17(9-13-20)22-21(23(29)18-6-10-19(26)11-7-18)24(30)25(31)28(22)15-5-14-27(3)4/h6-13,16,22,29H,5,14-15H2,1-4H3/b23-21+/t22-/m1/s1. The van der Waals surface area contributed by atoms with Gasteiger partial charge < -0.3 is 19.6 Å². The van der Waals surface area contributed by atoms with E-state index in [0.717, 1.165) is 16.6 Å². The summed E-state index contributed by atoms with van der Waals surface area (Å²) in [5.41, 5.74) is 1.35. The van der Waals surface area contributed by atoms with Crippen molar-refractivity contribution in [3.05, 3.63) is 69.7 Å². The number of hydrogen-bond acceptors (Lipinski definition) is 5. The number of carbonyl (C=O) groups is 2. The fourth-order valence-electron chi connectivity index (χ4n) is 3.78. The number of benzene rings is 2.